The summed E-state index contributed by atoms with van der Waals surface area (Å²) < 4.78 is 11.2. The van der Waals surface area contributed by atoms with E-state index in [1.807, 2.05) is 49.4 Å². The molecule has 5 heteroatoms. The number of hydrogen-bond acceptors (Lipinski definition) is 3. The highest BCUT2D eigenvalue weighted by atomic mass is 35.5. The molecule has 1 amide bonds. The van der Waals surface area contributed by atoms with E-state index >= 15 is 0 Å². The molecule has 0 heterocycles. The molecular formula is C21H20ClNO3. The molecule has 26 heavy (non-hydrogen) atoms. The minimum absolute atomic E-state index is 0.198. The molecule has 3 rings (SSSR count). The molecule has 0 saturated carbocycles. The average molecular weight is 370 g/mol. The van der Waals surface area contributed by atoms with Crippen molar-refractivity contribution >= 4 is 28.3 Å². The lowest BCUT2D eigenvalue weighted by Gasteiger charge is -2.11. The Kier molecular flexibility index (Phi) is 5.97. The SMILES string of the molecule is CCOc1ccc(C(=O)NCCOc2cccc3ccccc23)cc1Cl. The molecule has 0 aliphatic carbocycles. The fourth-order valence-electron chi connectivity index (χ4n) is 2.66. The van der Waals surface area contributed by atoms with E-state index in [1.165, 1.54) is 0 Å². The molecule has 0 fully saturated rings. The Morgan fingerprint density at radius 2 is 1.81 bits per heavy atom. The van der Waals surface area contributed by atoms with Gasteiger partial charge in [-0.1, -0.05) is 48.0 Å². The summed E-state index contributed by atoms with van der Waals surface area (Å²) in [5.41, 5.74) is 0.489. The first-order valence-corrected chi connectivity index (χ1v) is 8.88. The minimum atomic E-state index is -0.198. The number of nitrogens with one attached hydrogen (secondary N) is 1. The predicted octanol–water partition coefficient (Wildman–Crippen LogP) is 4.70. The van der Waals surface area contributed by atoms with Crippen molar-refractivity contribution in [3.8, 4) is 11.5 Å². The monoisotopic (exact) mass is 369 g/mol. The van der Waals surface area contributed by atoms with Gasteiger partial charge in [0.05, 0.1) is 18.2 Å². The van der Waals surface area contributed by atoms with E-state index in [4.69, 9.17) is 21.1 Å². The zero-order valence-electron chi connectivity index (χ0n) is 14.5. The Bertz CT molecular complexity index is 905. The number of amides is 1. The fourth-order valence-corrected chi connectivity index (χ4v) is 2.90. The van der Waals surface area contributed by atoms with Gasteiger partial charge in [0, 0.05) is 10.9 Å². The summed E-state index contributed by atoms with van der Waals surface area (Å²) in [5.74, 6) is 1.18. The maximum atomic E-state index is 12.2. The lowest BCUT2D eigenvalue weighted by molar-refractivity contribution is 0.0947. The predicted molar refractivity (Wildman–Crippen MR) is 104 cm³/mol. The molecule has 0 spiro atoms. The number of halogens is 1. The number of ether oxygens (including phenoxy) is 2. The molecule has 0 radical (unpaired) electrons. The number of hydrogen-bond donors (Lipinski definition) is 1. The molecule has 0 aromatic heterocycles. The Morgan fingerprint density at radius 3 is 2.62 bits per heavy atom. The van der Waals surface area contributed by atoms with Crippen LogP contribution in [0.2, 0.25) is 5.02 Å². The third-order valence-electron chi connectivity index (χ3n) is 3.89. The first-order valence-electron chi connectivity index (χ1n) is 8.50. The van der Waals surface area contributed by atoms with Gasteiger partial charge in [0.2, 0.25) is 0 Å². The van der Waals surface area contributed by atoms with Gasteiger partial charge in [-0.25, -0.2) is 0 Å². The molecule has 4 nitrogen and oxygen atoms in total. The molecule has 0 saturated heterocycles. The van der Waals surface area contributed by atoms with Gasteiger partial charge in [0.15, 0.2) is 0 Å². The molecular weight excluding hydrogens is 350 g/mol. The van der Waals surface area contributed by atoms with Gasteiger partial charge in [-0.3, -0.25) is 4.79 Å². The van der Waals surface area contributed by atoms with Crippen molar-refractivity contribution in [3.05, 3.63) is 71.2 Å². The van der Waals surface area contributed by atoms with Crippen molar-refractivity contribution in [2.24, 2.45) is 0 Å². The van der Waals surface area contributed by atoms with E-state index in [2.05, 4.69) is 5.32 Å². The van der Waals surface area contributed by atoms with Gasteiger partial charge in [-0.05, 0) is 36.6 Å². The Morgan fingerprint density at radius 1 is 1.00 bits per heavy atom. The molecule has 3 aromatic carbocycles. The molecule has 0 bridgehead atoms. The van der Waals surface area contributed by atoms with Crippen molar-refractivity contribution in [2.45, 2.75) is 6.92 Å². The van der Waals surface area contributed by atoms with E-state index in [0.29, 0.717) is 36.1 Å². The summed E-state index contributed by atoms with van der Waals surface area (Å²) in [4.78, 5) is 12.2. The summed E-state index contributed by atoms with van der Waals surface area (Å²) >= 11 is 6.12. The van der Waals surface area contributed by atoms with Crippen molar-refractivity contribution in [2.75, 3.05) is 19.8 Å². The van der Waals surface area contributed by atoms with E-state index < -0.39 is 0 Å². The zero-order chi connectivity index (χ0) is 18.4. The molecule has 0 aliphatic heterocycles. The third-order valence-corrected chi connectivity index (χ3v) is 4.18. The molecule has 3 aromatic rings. The second kappa shape index (κ2) is 8.59. The van der Waals surface area contributed by atoms with Crippen molar-refractivity contribution < 1.29 is 14.3 Å². The summed E-state index contributed by atoms with van der Waals surface area (Å²) in [6, 6.07) is 19.0. The molecule has 0 unspecified atom stereocenters. The summed E-state index contributed by atoms with van der Waals surface area (Å²) in [6.45, 7) is 3.18. The standard InChI is InChI=1S/C21H20ClNO3/c1-2-25-20-11-10-16(14-18(20)22)21(24)23-12-13-26-19-9-5-7-15-6-3-4-8-17(15)19/h3-11,14H,2,12-13H2,1H3,(H,23,24). The van der Waals surface area contributed by atoms with Crippen LogP contribution in [0.15, 0.2) is 60.7 Å². The number of carbonyl (C=O) groups excluding carboxylic acids is 1. The Balaban J connectivity index is 1.54. The fraction of sp³-hybridized carbons (Fsp3) is 0.190. The highest BCUT2D eigenvalue weighted by Gasteiger charge is 2.09. The molecule has 1 N–H and O–H groups in total. The van der Waals surface area contributed by atoms with Crippen LogP contribution >= 0.6 is 11.6 Å². The van der Waals surface area contributed by atoms with Crippen LogP contribution < -0.4 is 14.8 Å². The summed E-state index contributed by atoms with van der Waals surface area (Å²) in [7, 11) is 0. The first kappa shape index (κ1) is 18.1. The second-order valence-corrected chi connectivity index (χ2v) is 6.07. The summed E-state index contributed by atoms with van der Waals surface area (Å²) in [6.07, 6.45) is 0. The van der Waals surface area contributed by atoms with Gasteiger partial charge in [-0.15, -0.1) is 0 Å². The number of carbonyl (C=O) groups is 1. The normalized spacial score (nSPS) is 10.5. The number of fused-ring (bicyclic) bond motifs is 1. The smallest absolute Gasteiger partial charge is 0.251 e. The van der Waals surface area contributed by atoms with E-state index in [9.17, 15) is 4.79 Å². The lowest BCUT2D eigenvalue weighted by atomic mass is 10.1. The van der Waals surface area contributed by atoms with Crippen LogP contribution in [0.4, 0.5) is 0 Å². The Labute approximate surface area is 157 Å². The van der Waals surface area contributed by atoms with Crippen LogP contribution in [0, 0.1) is 0 Å². The quantitative estimate of drug-likeness (QED) is 0.614. The molecule has 0 atom stereocenters. The Hall–Kier alpha value is -2.72. The average Bonchev–Trinajstić information content (AvgIpc) is 2.67. The van der Waals surface area contributed by atoms with Crippen LogP contribution in [0.25, 0.3) is 10.8 Å². The van der Waals surface area contributed by atoms with Crippen LogP contribution in [0.3, 0.4) is 0 Å². The van der Waals surface area contributed by atoms with Crippen molar-refractivity contribution in [1.82, 2.24) is 5.32 Å². The van der Waals surface area contributed by atoms with E-state index in [-0.39, 0.29) is 5.91 Å². The molecule has 0 aliphatic rings. The van der Waals surface area contributed by atoms with Crippen LogP contribution in [0.1, 0.15) is 17.3 Å². The molecule has 134 valence electrons. The zero-order valence-corrected chi connectivity index (χ0v) is 15.3. The van der Waals surface area contributed by atoms with Crippen molar-refractivity contribution in [3.63, 3.8) is 0 Å². The topological polar surface area (TPSA) is 47.6 Å². The van der Waals surface area contributed by atoms with Gasteiger partial charge >= 0.3 is 0 Å². The largest absolute Gasteiger partial charge is 0.492 e. The van der Waals surface area contributed by atoms with Crippen molar-refractivity contribution in [1.29, 1.82) is 0 Å². The van der Waals surface area contributed by atoms with Gasteiger partial charge < -0.3 is 14.8 Å². The van der Waals surface area contributed by atoms with Crippen LogP contribution in [0.5, 0.6) is 11.5 Å². The van der Waals surface area contributed by atoms with Gasteiger partial charge in [-0.2, -0.15) is 0 Å². The van der Waals surface area contributed by atoms with Crippen LogP contribution in [-0.2, 0) is 0 Å². The third kappa shape index (κ3) is 4.27. The number of benzene rings is 3. The number of rotatable bonds is 7. The highest BCUT2D eigenvalue weighted by Crippen LogP contribution is 2.26. The lowest BCUT2D eigenvalue weighted by Crippen LogP contribution is -2.28. The van der Waals surface area contributed by atoms with Gasteiger partial charge in [0.1, 0.15) is 18.1 Å². The minimum Gasteiger partial charge on any atom is -0.492 e. The maximum Gasteiger partial charge on any atom is 0.251 e. The van der Waals surface area contributed by atoms with Crippen LogP contribution in [-0.4, -0.2) is 25.7 Å². The summed E-state index contributed by atoms with van der Waals surface area (Å²) in [5, 5.41) is 5.43. The highest BCUT2D eigenvalue weighted by molar-refractivity contribution is 6.32. The van der Waals surface area contributed by atoms with E-state index in [0.717, 1.165) is 16.5 Å². The maximum absolute atomic E-state index is 12.2. The first-order chi connectivity index (χ1) is 12.7. The van der Waals surface area contributed by atoms with E-state index in [1.54, 1.807) is 18.2 Å². The van der Waals surface area contributed by atoms with Gasteiger partial charge in [0.25, 0.3) is 5.91 Å². The second-order valence-electron chi connectivity index (χ2n) is 5.66.